The van der Waals surface area contributed by atoms with Gasteiger partial charge in [-0.15, -0.1) is 0 Å². The summed E-state index contributed by atoms with van der Waals surface area (Å²) in [7, 11) is 0. The molecule has 1 atom stereocenters. The smallest absolute Gasteiger partial charge is 0.0107 e. The Morgan fingerprint density at radius 3 is 3.06 bits per heavy atom. The Bertz CT molecular complexity index is 349. The molecule has 1 fully saturated rings. The Labute approximate surface area is 105 Å². The number of nitrogens with zero attached hydrogens (tertiary/aromatic N) is 1. The highest BCUT2D eigenvalue weighted by molar-refractivity contribution is 5.22. The van der Waals surface area contributed by atoms with E-state index in [2.05, 4.69) is 48.3 Å². The summed E-state index contributed by atoms with van der Waals surface area (Å²) in [5, 5.41) is 3.54. The first kappa shape index (κ1) is 12.6. The first-order valence-corrected chi connectivity index (χ1v) is 6.75. The van der Waals surface area contributed by atoms with Crippen LogP contribution in [0.1, 0.15) is 24.5 Å². The molecule has 1 heterocycles. The van der Waals surface area contributed by atoms with Crippen LogP contribution in [0, 0.1) is 6.92 Å². The van der Waals surface area contributed by atoms with E-state index in [4.69, 9.17) is 0 Å². The number of benzene rings is 1. The Hall–Kier alpha value is -0.860. The summed E-state index contributed by atoms with van der Waals surface area (Å²) in [5.41, 5.74) is 2.84. The molecule has 2 nitrogen and oxygen atoms in total. The highest BCUT2D eigenvalue weighted by atomic mass is 15.2. The molecule has 1 aliphatic rings. The first-order valence-electron chi connectivity index (χ1n) is 6.75. The summed E-state index contributed by atoms with van der Waals surface area (Å²) in [5.74, 6) is 0. The molecule has 0 bridgehead atoms. The van der Waals surface area contributed by atoms with Crippen LogP contribution in [0.3, 0.4) is 0 Å². The second-order valence-corrected chi connectivity index (χ2v) is 5.22. The Balaban J connectivity index is 1.81. The van der Waals surface area contributed by atoms with Gasteiger partial charge in [0.2, 0.25) is 0 Å². The van der Waals surface area contributed by atoms with Crippen molar-refractivity contribution in [3.63, 3.8) is 0 Å². The molecule has 0 spiro atoms. The quantitative estimate of drug-likeness (QED) is 0.859. The molecule has 0 aliphatic carbocycles. The van der Waals surface area contributed by atoms with Crippen LogP contribution in [-0.4, -0.2) is 37.1 Å². The maximum absolute atomic E-state index is 3.54. The minimum atomic E-state index is 0.680. The second-order valence-electron chi connectivity index (χ2n) is 5.22. The van der Waals surface area contributed by atoms with E-state index in [1.54, 1.807) is 0 Å². The van der Waals surface area contributed by atoms with Gasteiger partial charge in [0.15, 0.2) is 0 Å². The predicted molar refractivity (Wildman–Crippen MR) is 73.4 cm³/mol. The van der Waals surface area contributed by atoms with Gasteiger partial charge in [0.1, 0.15) is 0 Å². The van der Waals surface area contributed by atoms with Crippen molar-refractivity contribution in [1.82, 2.24) is 10.2 Å². The van der Waals surface area contributed by atoms with Gasteiger partial charge >= 0.3 is 0 Å². The molecule has 0 amide bonds. The third-order valence-corrected chi connectivity index (χ3v) is 3.60. The molecular formula is C15H24N2. The zero-order valence-corrected chi connectivity index (χ0v) is 11.1. The highest BCUT2D eigenvalue weighted by Crippen LogP contribution is 2.07. The minimum Gasteiger partial charge on any atom is -0.313 e. The highest BCUT2D eigenvalue weighted by Gasteiger charge is 2.12. The molecule has 1 aliphatic heterocycles. The van der Waals surface area contributed by atoms with E-state index in [0.29, 0.717) is 6.04 Å². The number of nitrogens with one attached hydrogen (secondary N) is 1. The fraction of sp³-hybridized carbons (Fsp3) is 0.600. The van der Waals surface area contributed by atoms with E-state index in [1.165, 1.54) is 43.6 Å². The van der Waals surface area contributed by atoms with Crippen LogP contribution >= 0.6 is 0 Å². The van der Waals surface area contributed by atoms with Gasteiger partial charge in [-0.1, -0.05) is 29.8 Å². The van der Waals surface area contributed by atoms with Crippen LogP contribution in [0.25, 0.3) is 0 Å². The predicted octanol–water partition coefficient (Wildman–Crippen LogP) is 2.22. The van der Waals surface area contributed by atoms with Crippen molar-refractivity contribution < 1.29 is 0 Å². The SMILES string of the molecule is Cc1cccc(CCN2CCNC(C)CC2)c1. The molecule has 1 unspecified atom stereocenters. The van der Waals surface area contributed by atoms with Crippen molar-refractivity contribution in [1.29, 1.82) is 0 Å². The maximum atomic E-state index is 3.54. The monoisotopic (exact) mass is 232 g/mol. The maximum Gasteiger partial charge on any atom is 0.0107 e. The zero-order valence-electron chi connectivity index (χ0n) is 11.1. The van der Waals surface area contributed by atoms with Crippen molar-refractivity contribution in [2.75, 3.05) is 26.2 Å². The van der Waals surface area contributed by atoms with Gasteiger partial charge in [-0.3, -0.25) is 0 Å². The van der Waals surface area contributed by atoms with E-state index < -0.39 is 0 Å². The van der Waals surface area contributed by atoms with Crippen LogP contribution < -0.4 is 5.32 Å². The molecule has 94 valence electrons. The summed E-state index contributed by atoms with van der Waals surface area (Å²) in [6, 6.07) is 9.56. The minimum absolute atomic E-state index is 0.680. The summed E-state index contributed by atoms with van der Waals surface area (Å²) in [6.07, 6.45) is 2.45. The normalized spacial score (nSPS) is 22.4. The number of rotatable bonds is 3. The molecule has 0 aromatic heterocycles. The van der Waals surface area contributed by atoms with Crippen LogP contribution in [0.4, 0.5) is 0 Å². The molecular weight excluding hydrogens is 208 g/mol. The Morgan fingerprint density at radius 1 is 1.35 bits per heavy atom. The van der Waals surface area contributed by atoms with Crippen molar-refractivity contribution in [2.45, 2.75) is 32.7 Å². The van der Waals surface area contributed by atoms with Crippen LogP contribution in [0.5, 0.6) is 0 Å². The summed E-state index contributed by atoms with van der Waals surface area (Å²) < 4.78 is 0. The standard InChI is InChI=1S/C15H24N2/c1-13-4-3-5-15(12-13)7-10-17-9-6-14(2)16-8-11-17/h3-5,12,14,16H,6-11H2,1-2H3. The number of hydrogen-bond donors (Lipinski definition) is 1. The number of hydrogen-bond acceptors (Lipinski definition) is 2. The van der Waals surface area contributed by atoms with E-state index in [-0.39, 0.29) is 0 Å². The lowest BCUT2D eigenvalue weighted by molar-refractivity contribution is 0.294. The summed E-state index contributed by atoms with van der Waals surface area (Å²) in [4.78, 5) is 2.58. The summed E-state index contributed by atoms with van der Waals surface area (Å²) >= 11 is 0. The molecule has 1 N–H and O–H groups in total. The lowest BCUT2D eigenvalue weighted by Gasteiger charge is -2.19. The molecule has 17 heavy (non-hydrogen) atoms. The van der Waals surface area contributed by atoms with Crippen molar-refractivity contribution in [3.05, 3.63) is 35.4 Å². The summed E-state index contributed by atoms with van der Waals surface area (Å²) in [6.45, 7) is 9.20. The van der Waals surface area contributed by atoms with Crippen LogP contribution in [-0.2, 0) is 6.42 Å². The third-order valence-electron chi connectivity index (χ3n) is 3.60. The van der Waals surface area contributed by atoms with Crippen LogP contribution in [0.15, 0.2) is 24.3 Å². The van der Waals surface area contributed by atoms with Gasteiger partial charge in [0.05, 0.1) is 0 Å². The fourth-order valence-corrected chi connectivity index (χ4v) is 2.44. The molecule has 2 rings (SSSR count). The van der Waals surface area contributed by atoms with E-state index in [0.717, 1.165) is 6.54 Å². The van der Waals surface area contributed by atoms with Crippen molar-refractivity contribution in [2.24, 2.45) is 0 Å². The lowest BCUT2D eigenvalue weighted by Crippen LogP contribution is -2.30. The lowest BCUT2D eigenvalue weighted by atomic mass is 10.1. The van der Waals surface area contributed by atoms with Crippen molar-refractivity contribution >= 4 is 0 Å². The van der Waals surface area contributed by atoms with Gasteiger partial charge in [-0.25, -0.2) is 0 Å². The van der Waals surface area contributed by atoms with E-state index in [1.807, 2.05) is 0 Å². The molecule has 0 radical (unpaired) electrons. The second kappa shape index (κ2) is 6.18. The fourth-order valence-electron chi connectivity index (χ4n) is 2.44. The van der Waals surface area contributed by atoms with Gasteiger partial charge < -0.3 is 10.2 Å². The molecule has 1 aromatic rings. The van der Waals surface area contributed by atoms with Crippen molar-refractivity contribution in [3.8, 4) is 0 Å². The molecule has 1 aromatic carbocycles. The van der Waals surface area contributed by atoms with Gasteiger partial charge in [0.25, 0.3) is 0 Å². The first-order chi connectivity index (χ1) is 8.24. The third kappa shape index (κ3) is 4.14. The average molecular weight is 232 g/mol. The van der Waals surface area contributed by atoms with Gasteiger partial charge in [-0.05, 0) is 38.8 Å². The van der Waals surface area contributed by atoms with Crippen LogP contribution in [0.2, 0.25) is 0 Å². The average Bonchev–Trinajstić information content (AvgIpc) is 2.52. The topological polar surface area (TPSA) is 15.3 Å². The van der Waals surface area contributed by atoms with Gasteiger partial charge in [0, 0.05) is 25.7 Å². The van der Waals surface area contributed by atoms with E-state index >= 15 is 0 Å². The Morgan fingerprint density at radius 2 is 2.24 bits per heavy atom. The zero-order chi connectivity index (χ0) is 12.1. The van der Waals surface area contributed by atoms with Gasteiger partial charge in [-0.2, -0.15) is 0 Å². The molecule has 2 heteroatoms. The molecule has 1 saturated heterocycles. The number of aryl methyl sites for hydroxylation is 1. The largest absolute Gasteiger partial charge is 0.313 e. The van der Waals surface area contributed by atoms with E-state index in [9.17, 15) is 0 Å². The Kier molecular flexibility index (Phi) is 4.57. The molecule has 0 saturated carbocycles.